The molecule has 0 spiro atoms. The third kappa shape index (κ3) is 4.70. The molecule has 1 N–H and O–H groups in total. The lowest BCUT2D eigenvalue weighted by Gasteiger charge is -2.21. The first kappa shape index (κ1) is 21.3. The number of halogens is 2. The maximum atomic E-state index is 13.7. The molecule has 1 aromatic carbocycles. The lowest BCUT2D eigenvalue weighted by Crippen LogP contribution is -2.26. The van der Waals surface area contributed by atoms with Crippen LogP contribution in [0.5, 0.6) is 17.5 Å². The van der Waals surface area contributed by atoms with Crippen molar-refractivity contribution >= 4 is 17.4 Å². The predicted octanol–water partition coefficient (Wildman–Crippen LogP) is 4.17. The van der Waals surface area contributed by atoms with Crippen molar-refractivity contribution in [2.45, 2.75) is 32.5 Å². The van der Waals surface area contributed by atoms with Crippen LogP contribution in [0.25, 0.3) is 0 Å². The summed E-state index contributed by atoms with van der Waals surface area (Å²) in [5.74, 6) is 1.52. The zero-order chi connectivity index (χ0) is 21.8. The fraction of sp³-hybridized carbons (Fsp3) is 0.318. The molecule has 7 nitrogen and oxygen atoms in total. The van der Waals surface area contributed by atoms with Crippen molar-refractivity contribution in [3.05, 3.63) is 64.8 Å². The molecule has 0 saturated carbocycles. The SMILES string of the molecule is CCc1c(Oc2ccc(F)c(CO)c2)ncnc1N1CCC(Oc2ncccc2Cl)C1. The molecule has 2 aromatic heterocycles. The average molecular weight is 445 g/mol. The Kier molecular flexibility index (Phi) is 6.48. The van der Waals surface area contributed by atoms with Crippen molar-refractivity contribution in [3.8, 4) is 17.5 Å². The van der Waals surface area contributed by atoms with Crippen molar-refractivity contribution in [1.29, 1.82) is 0 Å². The fourth-order valence-corrected chi connectivity index (χ4v) is 3.70. The third-order valence-electron chi connectivity index (χ3n) is 5.09. The van der Waals surface area contributed by atoms with Gasteiger partial charge in [-0.05, 0) is 36.8 Å². The number of ether oxygens (including phenoxy) is 2. The van der Waals surface area contributed by atoms with Crippen LogP contribution in [0.3, 0.4) is 0 Å². The number of anilines is 1. The summed E-state index contributed by atoms with van der Waals surface area (Å²) in [6, 6.07) is 7.74. The van der Waals surface area contributed by atoms with Crippen LogP contribution in [0.4, 0.5) is 10.2 Å². The molecule has 0 bridgehead atoms. The molecule has 0 amide bonds. The molecule has 1 unspecified atom stereocenters. The molecule has 162 valence electrons. The van der Waals surface area contributed by atoms with Gasteiger partial charge in [-0.25, -0.2) is 19.3 Å². The van der Waals surface area contributed by atoms with Crippen LogP contribution in [0.1, 0.15) is 24.5 Å². The summed E-state index contributed by atoms with van der Waals surface area (Å²) in [5.41, 5.74) is 1.01. The van der Waals surface area contributed by atoms with E-state index in [9.17, 15) is 9.50 Å². The summed E-state index contributed by atoms with van der Waals surface area (Å²) in [6.07, 6.45) is 4.47. The van der Waals surface area contributed by atoms with E-state index >= 15 is 0 Å². The topological polar surface area (TPSA) is 80.6 Å². The van der Waals surface area contributed by atoms with E-state index in [0.29, 0.717) is 35.5 Å². The average Bonchev–Trinajstić information content (AvgIpc) is 3.25. The van der Waals surface area contributed by atoms with E-state index in [1.165, 1.54) is 24.5 Å². The van der Waals surface area contributed by atoms with Gasteiger partial charge in [-0.2, -0.15) is 0 Å². The Labute approximate surface area is 184 Å². The Morgan fingerprint density at radius 2 is 2.10 bits per heavy atom. The van der Waals surface area contributed by atoms with Crippen molar-refractivity contribution in [1.82, 2.24) is 15.0 Å². The molecule has 4 rings (SSSR count). The monoisotopic (exact) mass is 444 g/mol. The molecule has 1 aliphatic rings. The van der Waals surface area contributed by atoms with Gasteiger partial charge in [0.2, 0.25) is 11.8 Å². The van der Waals surface area contributed by atoms with Gasteiger partial charge in [-0.1, -0.05) is 18.5 Å². The molecule has 3 aromatic rings. The van der Waals surface area contributed by atoms with Crippen LogP contribution in [0, 0.1) is 5.82 Å². The molecular formula is C22H22ClFN4O3. The number of benzene rings is 1. The Bertz CT molecular complexity index is 1070. The van der Waals surface area contributed by atoms with Gasteiger partial charge in [0.15, 0.2) is 0 Å². The van der Waals surface area contributed by atoms with E-state index in [-0.39, 0.29) is 11.7 Å². The van der Waals surface area contributed by atoms with Gasteiger partial charge >= 0.3 is 0 Å². The highest BCUT2D eigenvalue weighted by Gasteiger charge is 2.28. The number of pyridine rings is 1. The van der Waals surface area contributed by atoms with Gasteiger partial charge in [0.1, 0.15) is 34.8 Å². The van der Waals surface area contributed by atoms with Gasteiger partial charge in [0, 0.05) is 24.7 Å². The second-order valence-corrected chi connectivity index (χ2v) is 7.52. The Morgan fingerprint density at radius 3 is 2.87 bits per heavy atom. The van der Waals surface area contributed by atoms with Gasteiger partial charge in [-0.3, -0.25) is 0 Å². The van der Waals surface area contributed by atoms with Crippen LogP contribution in [0.15, 0.2) is 42.9 Å². The molecule has 31 heavy (non-hydrogen) atoms. The van der Waals surface area contributed by atoms with Crippen LogP contribution < -0.4 is 14.4 Å². The van der Waals surface area contributed by atoms with Crippen molar-refractivity contribution < 1.29 is 19.0 Å². The lowest BCUT2D eigenvalue weighted by molar-refractivity contribution is 0.216. The second-order valence-electron chi connectivity index (χ2n) is 7.11. The highest BCUT2D eigenvalue weighted by Crippen LogP contribution is 2.33. The van der Waals surface area contributed by atoms with E-state index in [2.05, 4.69) is 19.9 Å². The number of rotatable bonds is 7. The summed E-state index contributed by atoms with van der Waals surface area (Å²) in [6.45, 7) is 2.97. The minimum Gasteiger partial charge on any atom is -0.471 e. The minimum absolute atomic E-state index is 0.0688. The van der Waals surface area contributed by atoms with E-state index in [0.717, 1.165) is 24.3 Å². The van der Waals surface area contributed by atoms with E-state index in [1.807, 2.05) is 6.92 Å². The Morgan fingerprint density at radius 1 is 1.23 bits per heavy atom. The molecule has 0 aliphatic carbocycles. The van der Waals surface area contributed by atoms with Crippen molar-refractivity contribution in [2.24, 2.45) is 0 Å². The number of aliphatic hydroxyl groups is 1. The van der Waals surface area contributed by atoms with Gasteiger partial charge in [0.05, 0.1) is 18.7 Å². The predicted molar refractivity (Wildman–Crippen MR) is 114 cm³/mol. The summed E-state index contributed by atoms with van der Waals surface area (Å²) in [5, 5.41) is 9.77. The molecule has 1 aliphatic heterocycles. The third-order valence-corrected chi connectivity index (χ3v) is 5.37. The smallest absolute Gasteiger partial charge is 0.232 e. The first-order valence-electron chi connectivity index (χ1n) is 10.0. The van der Waals surface area contributed by atoms with Crippen LogP contribution >= 0.6 is 11.6 Å². The number of hydrogen-bond acceptors (Lipinski definition) is 7. The van der Waals surface area contributed by atoms with Gasteiger partial charge in [-0.15, -0.1) is 0 Å². The molecule has 0 radical (unpaired) electrons. The zero-order valence-corrected chi connectivity index (χ0v) is 17.7. The highest BCUT2D eigenvalue weighted by atomic mass is 35.5. The maximum absolute atomic E-state index is 13.7. The van der Waals surface area contributed by atoms with E-state index in [4.69, 9.17) is 21.1 Å². The van der Waals surface area contributed by atoms with Crippen LogP contribution in [-0.4, -0.2) is 39.3 Å². The highest BCUT2D eigenvalue weighted by molar-refractivity contribution is 6.31. The molecule has 3 heterocycles. The normalized spacial score (nSPS) is 15.9. The largest absolute Gasteiger partial charge is 0.471 e. The van der Waals surface area contributed by atoms with Crippen molar-refractivity contribution in [2.75, 3.05) is 18.0 Å². The number of aromatic nitrogens is 3. The molecule has 1 fully saturated rings. The van der Waals surface area contributed by atoms with Crippen LogP contribution in [0.2, 0.25) is 5.02 Å². The summed E-state index contributed by atoms with van der Waals surface area (Å²) in [4.78, 5) is 15.1. The Balaban J connectivity index is 1.52. The fourth-order valence-electron chi connectivity index (χ4n) is 3.54. The number of aliphatic hydroxyl groups excluding tert-OH is 1. The summed E-state index contributed by atoms with van der Waals surface area (Å²) in [7, 11) is 0. The van der Waals surface area contributed by atoms with Crippen molar-refractivity contribution in [3.63, 3.8) is 0 Å². The molecular weight excluding hydrogens is 423 g/mol. The Hall–Kier alpha value is -2.97. The quantitative estimate of drug-likeness (QED) is 0.585. The van der Waals surface area contributed by atoms with Gasteiger partial charge in [0.25, 0.3) is 0 Å². The first-order chi connectivity index (χ1) is 15.1. The van der Waals surface area contributed by atoms with E-state index in [1.54, 1.807) is 18.3 Å². The molecule has 1 saturated heterocycles. The lowest BCUT2D eigenvalue weighted by atomic mass is 10.2. The number of hydrogen-bond donors (Lipinski definition) is 1. The number of nitrogens with zero attached hydrogens (tertiary/aromatic N) is 4. The summed E-state index contributed by atoms with van der Waals surface area (Å²) < 4.78 is 25.6. The van der Waals surface area contributed by atoms with E-state index < -0.39 is 12.4 Å². The summed E-state index contributed by atoms with van der Waals surface area (Å²) >= 11 is 6.16. The molecule has 1 atom stereocenters. The molecule has 9 heteroatoms. The van der Waals surface area contributed by atoms with Crippen LogP contribution in [-0.2, 0) is 13.0 Å². The first-order valence-corrected chi connectivity index (χ1v) is 10.4. The minimum atomic E-state index is -0.481. The second kappa shape index (κ2) is 9.45. The zero-order valence-electron chi connectivity index (χ0n) is 17.0. The maximum Gasteiger partial charge on any atom is 0.232 e. The standard InChI is InChI=1S/C22H22ClFN4O3/c1-2-17-20(28-9-7-16(11-28)31-22-18(23)4-3-8-25-22)26-13-27-21(17)30-15-5-6-19(24)14(10-15)12-29/h3-6,8,10,13,16,29H,2,7,9,11-12H2,1H3. The van der Waals surface area contributed by atoms with Gasteiger partial charge < -0.3 is 19.5 Å².